The Kier molecular flexibility index (Phi) is 8.99. The maximum Gasteiger partial charge on any atom is 0.308 e. The average molecular weight is 540 g/mol. The van der Waals surface area contributed by atoms with Crippen molar-refractivity contribution in [2.75, 3.05) is 12.9 Å². The van der Waals surface area contributed by atoms with E-state index in [1.54, 1.807) is 49.4 Å². The van der Waals surface area contributed by atoms with Crippen LogP contribution in [0.5, 0.6) is 0 Å². The Hall–Kier alpha value is -2.39. The Morgan fingerprint density at radius 2 is 1.86 bits per heavy atom. The van der Waals surface area contributed by atoms with E-state index in [1.165, 1.54) is 12.0 Å². The van der Waals surface area contributed by atoms with Crippen LogP contribution in [0.3, 0.4) is 0 Å². The fourth-order valence-corrected chi connectivity index (χ4v) is 5.60. The smallest absolute Gasteiger partial charge is 0.308 e. The molecule has 1 aliphatic rings. The van der Waals surface area contributed by atoms with Crippen LogP contribution in [0.4, 0.5) is 0 Å². The minimum absolute atomic E-state index is 0.319. The third-order valence-corrected chi connectivity index (χ3v) is 7.78. The summed E-state index contributed by atoms with van der Waals surface area (Å²) in [6.07, 6.45) is -1.89. The number of esters is 1. The molecule has 0 aromatic heterocycles. The van der Waals surface area contributed by atoms with Gasteiger partial charge >= 0.3 is 5.97 Å². The van der Waals surface area contributed by atoms with E-state index in [0.717, 1.165) is 5.41 Å². The predicted molar refractivity (Wildman–Crippen MR) is 135 cm³/mol. The van der Waals surface area contributed by atoms with Gasteiger partial charge in [-0.2, -0.15) is 0 Å². The van der Waals surface area contributed by atoms with Gasteiger partial charge in [-0.25, -0.2) is 8.42 Å². The van der Waals surface area contributed by atoms with E-state index in [4.69, 9.17) is 32.7 Å². The first-order valence-electron chi connectivity index (χ1n) is 11.0. The summed E-state index contributed by atoms with van der Waals surface area (Å²) in [6.45, 7) is 5.20. The van der Waals surface area contributed by atoms with Gasteiger partial charge in [-0.05, 0) is 41.8 Å². The van der Waals surface area contributed by atoms with E-state index in [1.807, 2.05) is 6.07 Å². The highest BCUT2D eigenvalue weighted by Gasteiger charge is 2.47. The number of hydrogen-bond donors (Lipinski definition) is 0. The summed E-state index contributed by atoms with van der Waals surface area (Å²) >= 11 is 12.4. The number of sulfone groups is 1. The minimum Gasteiger partial charge on any atom is -0.469 e. The molecule has 2 aromatic carbocycles. The lowest BCUT2D eigenvalue weighted by Crippen LogP contribution is -2.56. The number of halogens is 2. The molecule has 1 fully saturated rings. The second-order valence-electron chi connectivity index (χ2n) is 8.18. The molecule has 1 amide bonds. The summed E-state index contributed by atoms with van der Waals surface area (Å²) in [5.41, 5.74) is 1.37. The standard InChI is InChI=1S/C25H27Cl2NO6S/c1-4-20(15-35(31,32)5-2)28-23(16-9-11-18(26)12-10-16)24(17-7-6-8-19(27)13-17)34-21(25(28)30)14-22(29)33-3/h5-13,20-21,23-24H,2,4,14-15H2,1,3H3/t20?,21-,23+,24+/m0/s1. The lowest BCUT2D eigenvalue weighted by Gasteiger charge is -2.48. The van der Waals surface area contributed by atoms with Crippen molar-refractivity contribution in [3.05, 3.63) is 81.7 Å². The molecule has 35 heavy (non-hydrogen) atoms. The Morgan fingerprint density at radius 3 is 2.43 bits per heavy atom. The van der Waals surface area contributed by atoms with Crippen molar-refractivity contribution >= 4 is 44.9 Å². The van der Waals surface area contributed by atoms with Crippen LogP contribution in [-0.4, -0.2) is 50.2 Å². The van der Waals surface area contributed by atoms with Crippen molar-refractivity contribution in [3.8, 4) is 0 Å². The number of rotatable bonds is 9. The SMILES string of the molecule is C=CS(=O)(=O)CC(CC)N1C(=O)[C@H](CC(=O)OC)O[C@H](c2cccc(Cl)c2)[C@H]1c1ccc(Cl)cc1. The Balaban J connectivity index is 2.21. The Bertz CT molecular complexity index is 1180. The van der Waals surface area contributed by atoms with Gasteiger partial charge in [0.25, 0.3) is 5.91 Å². The van der Waals surface area contributed by atoms with Gasteiger partial charge in [0, 0.05) is 21.5 Å². The minimum atomic E-state index is -3.65. The van der Waals surface area contributed by atoms with E-state index in [0.29, 0.717) is 27.6 Å². The molecule has 1 aliphatic heterocycles. The maximum atomic E-state index is 13.8. The summed E-state index contributed by atoms with van der Waals surface area (Å²) in [7, 11) is -2.43. The van der Waals surface area contributed by atoms with Gasteiger partial charge in [-0.3, -0.25) is 9.59 Å². The molecule has 188 valence electrons. The van der Waals surface area contributed by atoms with Gasteiger partial charge in [0.1, 0.15) is 12.2 Å². The number of carbonyl (C=O) groups excluding carboxylic acids is 2. The second-order valence-corrected chi connectivity index (χ2v) is 11.0. The summed E-state index contributed by atoms with van der Waals surface area (Å²) in [4.78, 5) is 27.4. The largest absolute Gasteiger partial charge is 0.469 e. The highest BCUT2D eigenvalue weighted by Crippen LogP contribution is 2.44. The van der Waals surface area contributed by atoms with Gasteiger partial charge in [-0.15, -0.1) is 0 Å². The van der Waals surface area contributed by atoms with Crippen LogP contribution in [0, 0.1) is 0 Å². The fourth-order valence-electron chi connectivity index (χ4n) is 4.21. The van der Waals surface area contributed by atoms with Crippen molar-refractivity contribution in [1.82, 2.24) is 4.90 Å². The van der Waals surface area contributed by atoms with Gasteiger partial charge in [0.05, 0.1) is 25.3 Å². The summed E-state index contributed by atoms with van der Waals surface area (Å²) in [6, 6.07) is 12.5. The number of morpholine rings is 1. The molecule has 4 atom stereocenters. The van der Waals surface area contributed by atoms with Gasteiger partial charge in [0.15, 0.2) is 9.84 Å². The number of hydrogen-bond acceptors (Lipinski definition) is 6. The van der Waals surface area contributed by atoms with Crippen LogP contribution < -0.4 is 0 Å². The number of methoxy groups -OCH3 is 1. The average Bonchev–Trinajstić information content (AvgIpc) is 2.84. The molecular weight excluding hydrogens is 513 g/mol. The lowest BCUT2D eigenvalue weighted by molar-refractivity contribution is -0.183. The summed E-state index contributed by atoms with van der Waals surface area (Å²) in [5.74, 6) is -1.44. The molecule has 3 rings (SSSR count). The van der Waals surface area contributed by atoms with E-state index < -0.39 is 46.0 Å². The van der Waals surface area contributed by atoms with E-state index in [-0.39, 0.29) is 12.2 Å². The van der Waals surface area contributed by atoms with Crippen LogP contribution >= 0.6 is 23.2 Å². The first-order valence-corrected chi connectivity index (χ1v) is 13.5. The molecule has 1 heterocycles. The molecule has 0 aliphatic carbocycles. The molecule has 0 bridgehead atoms. The molecule has 1 unspecified atom stereocenters. The van der Waals surface area contributed by atoms with Crippen molar-refractivity contribution in [2.24, 2.45) is 0 Å². The topological polar surface area (TPSA) is 90.0 Å². The van der Waals surface area contributed by atoms with Crippen molar-refractivity contribution < 1.29 is 27.5 Å². The summed E-state index contributed by atoms with van der Waals surface area (Å²) in [5, 5.41) is 1.86. The molecule has 0 radical (unpaired) electrons. The third kappa shape index (κ3) is 6.44. The molecule has 0 N–H and O–H groups in total. The second kappa shape index (κ2) is 11.6. The van der Waals surface area contributed by atoms with E-state index in [2.05, 4.69) is 6.58 Å². The van der Waals surface area contributed by atoms with Crippen molar-refractivity contribution in [1.29, 1.82) is 0 Å². The Labute approximate surface area is 215 Å². The maximum absolute atomic E-state index is 13.8. The van der Waals surface area contributed by atoms with E-state index in [9.17, 15) is 18.0 Å². The predicted octanol–water partition coefficient (Wildman–Crippen LogP) is 4.90. The van der Waals surface area contributed by atoms with Gasteiger partial charge in [0.2, 0.25) is 0 Å². The molecule has 0 saturated carbocycles. The van der Waals surface area contributed by atoms with Gasteiger partial charge < -0.3 is 14.4 Å². The third-order valence-electron chi connectivity index (χ3n) is 5.94. The summed E-state index contributed by atoms with van der Waals surface area (Å²) < 4.78 is 36.0. The van der Waals surface area contributed by atoms with Crippen molar-refractivity contribution in [2.45, 2.75) is 44.1 Å². The normalized spacial score (nSPS) is 21.4. The van der Waals surface area contributed by atoms with Crippen LogP contribution in [0.1, 0.15) is 43.0 Å². The highest BCUT2D eigenvalue weighted by atomic mass is 35.5. The zero-order valence-corrected chi connectivity index (χ0v) is 21.7. The fraction of sp³-hybridized carbons (Fsp3) is 0.360. The van der Waals surface area contributed by atoms with Crippen LogP contribution in [-0.2, 0) is 28.9 Å². The lowest BCUT2D eigenvalue weighted by atomic mass is 9.89. The van der Waals surface area contributed by atoms with Gasteiger partial charge in [-0.1, -0.05) is 61.0 Å². The highest BCUT2D eigenvalue weighted by molar-refractivity contribution is 7.94. The number of benzene rings is 2. The van der Waals surface area contributed by atoms with Crippen LogP contribution in [0.2, 0.25) is 10.0 Å². The Morgan fingerprint density at radius 1 is 1.17 bits per heavy atom. The van der Waals surface area contributed by atoms with Crippen molar-refractivity contribution in [3.63, 3.8) is 0 Å². The number of nitrogens with zero attached hydrogens (tertiary/aromatic N) is 1. The number of ether oxygens (including phenoxy) is 2. The zero-order chi connectivity index (χ0) is 25.8. The molecule has 10 heteroatoms. The number of amides is 1. The monoisotopic (exact) mass is 539 g/mol. The van der Waals surface area contributed by atoms with Crippen LogP contribution in [0.15, 0.2) is 60.5 Å². The van der Waals surface area contributed by atoms with E-state index >= 15 is 0 Å². The zero-order valence-electron chi connectivity index (χ0n) is 19.4. The molecule has 7 nitrogen and oxygen atoms in total. The molecule has 0 spiro atoms. The van der Waals surface area contributed by atoms with Crippen LogP contribution in [0.25, 0.3) is 0 Å². The first-order chi connectivity index (χ1) is 16.6. The molecular formula is C25H27Cl2NO6S. The first kappa shape index (κ1) is 27.2. The molecule has 2 aromatic rings. The molecule has 1 saturated heterocycles. The number of carbonyl (C=O) groups is 2. The quantitative estimate of drug-likeness (QED) is 0.421.